The molecule has 0 aromatic heterocycles. The molecule has 0 radical (unpaired) electrons. The molecule has 0 saturated carbocycles. The van der Waals surface area contributed by atoms with Crippen molar-refractivity contribution >= 4 is 5.91 Å². The van der Waals surface area contributed by atoms with E-state index < -0.39 is 0 Å². The zero-order valence-electron chi connectivity index (χ0n) is 12.6. The number of carbonyl (C=O) groups excluding carboxylic acids is 1. The molecule has 2 heteroatoms. The maximum atomic E-state index is 12.4. The molecule has 0 bridgehead atoms. The minimum atomic E-state index is -0.0289. The zero-order valence-corrected chi connectivity index (χ0v) is 12.6. The first-order valence-corrected chi connectivity index (χ1v) is 7.15. The van der Waals surface area contributed by atoms with Crippen LogP contribution >= 0.6 is 0 Å². The molecular formula is C19H21NO. The summed E-state index contributed by atoms with van der Waals surface area (Å²) in [6, 6.07) is 14.0. The van der Waals surface area contributed by atoms with Crippen molar-refractivity contribution in [3.05, 3.63) is 82.9 Å². The van der Waals surface area contributed by atoms with Crippen molar-refractivity contribution in [3.8, 4) is 0 Å². The highest BCUT2D eigenvalue weighted by atomic mass is 16.1. The van der Waals surface area contributed by atoms with Crippen LogP contribution in [-0.4, -0.2) is 5.91 Å². The van der Waals surface area contributed by atoms with Crippen LogP contribution in [0.25, 0.3) is 0 Å². The van der Waals surface area contributed by atoms with Gasteiger partial charge in [-0.2, -0.15) is 0 Å². The first-order chi connectivity index (χ1) is 10.1. The lowest BCUT2D eigenvalue weighted by Crippen LogP contribution is -2.24. The lowest BCUT2D eigenvalue weighted by Gasteiger charge is -2.12. The highest BCUT2D eigenvalue weighted by molar-refractivity contribution is 5.96. The van der Waals surface area contributed by atoms with Gasteiger partial charge < -0.3 is 5.32 Å². The van der Waals surface area contributed by atoms with E-state index in [4.69, 9.17) is 0 Å². The van der Waals surface area contributed by atoms with Crippen LogP contribution in [0.1, 0.15) is 32.6 Å². The van der Waals surface area contributed by atoms with Gasteiger partial charge in [-0.05, 0) is 48.6 Å². The molecule has 1 N–H and O–H groups in total. The molecule has 0 saturated heterocycles. The van der Waals surface area contributed by atoms with E-state index in [0.717, 1.165) is 22.3 Å². The summed E-state index contributed by atoms with van der Waals surface area (Å²) in [5.41, 5.74) is 5.20. The van der Waals surface area contributed by atoms with Crippen LogP contribution < -0.4 is 5.32 Å². The second-order valence-electron chi connectivity index (χ2n) is 5.25. The quantitative estimate of drug-likeness (QED) is 0.825. The van der Waals surface area contributed by atoms with Crippen molar-refractivity contribution in [2.45, 2.75) is 26.8 Å². The molecule has 0 atom stereocenters. The number of allylic oxidation sites excluding steroid dienone is 1. The summed E-state index contributed by atoms with van der Waals surface area (Å²) < 4.78 is 0. The number of benzene rings is 2. The molecule has 0 aliphatic carbocycles. The fraction of sp³-hybridized carbons (Fsp3) is 0.211. The molecule has 0 spiro atoms. The van der Waals surface area contributed by atoms with E-state index in [1.807, 2.05) is 49.4 Å². The molecular weight excluding hydrogens is 258 g/mol. The monoisotopic (exact) mass is 279 g/mol. The third kappa shape index (κ3) is 3.82. The van der Waals surface area contributed by atoms with Gasteiger partial charge in [0.2, 0.25) is 0 Å². The Balaban J connectivity index is 2.18. The molecule has 1 amide bonds. The largest absolute Gasteiger partial charge is 0.348 e. The number of amides is 1. The fourth-order valence-electron chi connectivity index (χ4n) is 2.29. The van der Waals surface area contributed by atoms with Crippen LogP contribution in [0.2, 0.25) is 0 Å². The Morgan fingerprint density at radius 1 is 1.14 bits per heavy atom. The van der Waals surface area contributed by atoms with Crippen molar-refractivity contribution in [2.24, 2.45) is 0 Å². The van der Waals surface area contributed by atoms with Crippen molar-refractivity contribution in [1.82, 2.24) is 5.32 Å². The van der Waals surface area contributed by atoms with E-state index in [-0.39, 0.29) is 5.91 Å². The van der Waals surface area contributed by atoms with Crippen molar-refractivity contribution in [1.29, 1.82) is 0 Å². The van der Waals surface area contributed by atoms with E-state index in [0.29, 0.717) is 13.0 Å². The summed E-state index contributed by atoms with van der Waals surface area (Å²) >= 11 is 0. The average molecular weight is 279 g/mol. The number of hydrogen-bond acceptors (Lipinski definition) is 1. The van der Waals surface area contributed by atoms with Gasteiger partial charge in [0.1, 0.15) is 0 Å². The van der Waals surface area contributed by atoms with Crippen LogP contribution in [0.3, 0.4) is 0 Å². The first-order valence-electron chi connectivity index (χ1n) is 7.15. The predicted octanol–water partition coefficient (Wildman–Crippen LogP) is 3.96. The normalized spacial score (nSPS) is 10.2. The van der Waals surface area contributed by atoms with Crippen LogP contribution in [0.4, 0.5) is 0 Å². The topological polar surface area (TPSA) is 29.1 Å². The minimum Gasteiger partial charge on any atom is -0.348 e. The lowest BCUT2D eigenvalue weighted by molar-refractivity contribution is 0.0950. The lowest BCUT2D eigenvalue weighted by atomic mass is 9.97. The highest BCUT2D eigenvalue weighted by Gasteiger charge is 2.12. The molecule has 108 valence electrons. The predicted molar refractivity (Wildman–Crippen MR) is 87.4 cm³/mol. The Hall–Kier alpha value is -2.35. The Kier molecular flexibility index (Phi) is 4.94. The molecule has 0 unspecified atom stereocenters. The zero-order chi connectivity index (χ0) is 15.2. The first kappa shape index (κ1) is 15.0. The maximum absolute atomic E-state index is 12.4. The molecule has 2 aromatic carbocycles. The summed E-state index contributed by atoms with van der Waals surface area (Å²) in [5.74, 6) is -0.0289. The van der Waals surface area contributed by atoms with E-state index in [2.05, 4.69) is 24.9 Å². The Morgan fingerprint density at radius 3 is 2.48 bits per heavy atom. The van der Waals surface area contributed by atoms with Gasteiger partial charge >= 0.3 is 0 Å². The van der Waals surface area contributed by atoms with Crippen LogP contribution in [0.15, 0.2) is 55.1 Å². The summed E-state index contributed by atoms with van der Waals surface area (Å²) in [5, 5.41) is 2.99. The van der Waals surface area contributed by atoms with E-state index in [9.17, 15) is 4.79 Å². The average Bonchev–Trinajstić information content (AvgIpc) is 2.49. The summed E-state index contributed by atoms with van der Waals surface area (Å²) in [6.45, 7) is 8.40. The molecule has 0 heterocycles. The van der Waals surface area contributed by atoms with Crippen molar-refractivity contribution < 1.29 is 4.79 Å². The van der Waals surface area contributed by atoms with Gasteiger partial charge in [-0.1, -0.05) is 42.5 Å². The second-order valence-corrected chi connectivity index (χ2v) is 5.25. The van der Waals surface area contributed by atoms with Gasteiger partial charge in [-0.25, -0.2) is 0 Å². The molecule has 2 rings (SSSR count). The molecule has 2 aromatic rings. The third-order valence-electron chi connectivity index (χ3n) is 3.62. The van der Waals surface area contributed by atoms with E-state index >= 15 is 0 Å². The number of aryl methyl sites for hydroxylation is 2. The maximum Gasteiger partial charge on any atom is 0.251 e. The van der Waals surface area contributed by atoms with Gasteiger partial charge in [-0.15, -0.1) is 6.58 Å². The standard InChI is InChI=1S/C19H21NO/c1-4-8-17-11-14(2)15(3)12-18(17)19(21)20-13-16-9-6-5-7-10-16/h4-7,9-12H,1,8,13H2,2-3H3,(H,20,21). The molecule has 0 fully saturated rings. The molecule has 0 aliphatic heterocycles. The summed E-state index contributed by atoms with van der Waals surface area (Å²) in [6.07, 6.45) is 2.54. The number of carbonyl (C=O) groups is 1. The Labute approximate surface area is 126 Å². The SMILES string of the molecule is C=CCc1cc(C)c(C)cc1C(=O)NCc1ccccc1. The molecule has 0 aliphatic rings. The fourth-order valence-corrected chi connectivity index (χ4v) is 2.29. The highest BCUT2D eigenvalue weighted by Crippen LogP contribution is 2.17. The van der Waals surface area contributed by atoms with Gasteiger partial charge in [0.25, 0.3) is 5.91 Å². The van der Waals surface area contributed by atoms with Crippen molar-refractivity contribution in [3.63, 3.8) is 0 Å². The smallest absolute Gasteiger partial charge is 0.251 e. The van der Waals surface area contributed by atoms with E-state index in [1.165, 1.54) is 5.56 Å². The molecule has 2 nitrogen and oxygen atoms in total. The minimum absolute atomic E-state index is 0.0289. The Bertz CT molecular complexity index is 644. The molecule has 21 heavy (non-hydrogen) atoms. The van der Waals surface area contributed by atoms with Gasteiger partial charge in [0.15, 0.2) is 0 Å². The third-order valence-corrected chi connectivity index (χ3v) is 3.62. The number of rotatable bonds is 5. The number of hydrogen-bond donors (Lipinski definition) is 1. The second kappa shape index (κ2) is 6.89. The number of nitrogens with one attached hydrogen (secondary N) is 1. The van der Waals surface area contributed by atoms with Gasteiger partial charge in [0, 0.05) is 12.1 Å². The van der Waals surface area contributed by atoms with Crippen molar-refractivity contribution in [2.75, 3.05) is 0 Å². The van der Waals surface area contributed by atoms with Crippen LogP contribution in [0.5, 0.6) is 0 Å². The van der Waals surface area contributed by atoms with Crippen LogP contribution in [-0.2, 0) is 13.0 Å². The van der Waals surface area contributed by atoms with Gasteiger partial charge in [0.05, 0.1) is 0 Å². The van der Waals surface area contributed by atoms with Crippen LogP contribution in [0, 0.1) is 13.8 Å². The van der Waals surface area contributed by atoms with Gasteiger partial charge in [-0.3, -0.25) is 4.79 Å². The Morgan fingerprint density at radius 2 is 1.81 bits per heavy atom. The summed E-state index contributed by atoms with van der Waals surface area (Å²) in [4.78, 5) is 12.4. The summed E-state index contributed by atoms with van der Waals surface area (Å²) in [7, 11) is 0. The van der Waals surface area contributed by atoms with E-state index in [1.54, 1.807) is 0 Å².